The highest BCUT2D eigenvalue weighted by atomic mass is 32.2. The zero-order valence-electron chi connectivity index (χ0n) is 17.8. The number of anilines is 1. The van der Waals surface area contributed by atoms with Crippen LogP contribution in [-0.2, 0) is 21.4 Å². The van der Waals surface area contributed by atoms with Crippen LogP contribution < -0.4 is 14.8 Å². The van der Waals surface area contributed by atoms with Crippen molar-refractivity contribution in [2.24, 2.45) is 0 Å². The molecule has 3 aromatic carbocycles. The third-order valence-electron chi connectivity index (χ3n) is 4.84. The Morgan fingerprint density at radius 3 is 2.32 bits per heavy atom. The summed E-state index contributed by atoms with van der Waals surface area (Å²) in [5, 5.41) is 2.80. The number of sulfonamides is 1. The molecule has 7 heteroatoms. The second kappa shape index (κ2) is 9.66. The number of amides is 1. The van der Waals surface area contributed by atoms with Crippen LogP contribution in [0.5, 0.6) is 5.75 Å². The van der Waals surface area contributed by atoms with Gasteiger partial charge in [0.1, 0.15) is 5.75 Å². The number of carbonyl (C=O) groups excluding carboxylic acids is 1. The van der Waals surface area contributed by atoms with Gasteiger partial charge in [-0.15, -0.1) is 0 Å². The molecule has 0 radical (unpaired) electrons. The Labute approximate surface area is 183 Å². The summed E-state index contributed by atoms with van der Waals surface area (Å²) in [4.78, 5) is 12.1. The zero-order chi connectivity index (χ0) is 22.4. The minimum Gasteiger partial charge on any atom is -0.484 e. The molecule has 31 heavy (non-hydrogen) atoms. The average Bonchev–Trinajstić information content (AvgIpc) is 2.73. The standard InChI is InChI=1S/C24H26N2O4S/c1-17-5-4-6-20(13-17)15-25-24(27)16-30-22-9-11-23(12-10-22)31(28,29)26-21-8-7-18(2)19(3)14-21/h4-14,26H,15-16H2,1-3H3,(H,25,27). The summed E-state index contributed by atoms with van der Waals surface area (Å²) in [5.41, 5.74) is 4.75. The van der Waals surface area contributed by atoms with Gasteiger partial charge < -0.3 is 10.1 Å². The largest absolute Gasteiger partial charge is 0.484 e. The van der Waals surface area contributed by atoms with E-state index in [2.05, 4.69) is 10.0 Å². The Hall–Kier alpha value is -3.32. The highest BCUT2D eigenvalue weighted by Gasteiger charge is 2.15. The summed E-state index contributed by atoms with van der Waals surface area (Å²) in [7, 11) is -3.72. The molecule has 0 aliphatic heterocycles. The summed E-state index contributed by atoms with van der Waals surface area (Å²) >= 11 is 0. The van der Waals surface area contributed by atoms with E-state index in [1.165, 1.54) is 24.3 Å². The highest BCUT2D eigenvalue weighted by molar-refractivity contribution is 7.92. The van der Waals surface area contributed by atoms with Crippen molar-refractivity contribution in [2.75, 3.05) is 11.3 Å². The van der Waals surface area contributed by atoms with Crippen molar-refractivity contribution in [3.63, 3.8) is 0 Å². The van der Waals surface area contributed by atoms with Crippen LogP contribution in [0.2, 0.25) is 0 Å². The Morgan fingerprint density at radius 2 is 1.65 bits per heavy atom. The third-order valence-corrected chi connectivity index (χ3v) is 6.23. The topological polar surface area (TPSA) is 84.5 Å². The van der Waals surface area contributed by atoms with Gasteiger partial charge in [0.15, 0.2) is 6.61 Å². The number of aryl methyl sites for hydroxylation is 3. The summed E-state index contributed by atoms with van der Waals surface area (Å²) < 4.78 is 33.2. The Kier molecular flexibility index (Phi) is 6.97. The lowest BCUT2D eigenvalue weighted by Gasteiger charge is -2.11. The SMILES string of the molecule is Cc1cccc(CNC(=O)COc2ccc(S(=O)(=O)Nc3ccc(C)c(C)c3)cc2)c1. The van der Waals surface area contributed by atoms with E-state index in [1.54, 1.807) is 12.1 Å². The van der Waals surface area contributed by atoms with Crippen LogP contribution >= 0.6 is 0 Å². The van der Waals surface area contributed by atoms with E-state index in [0.717, 1.165) is 22.3 Å². The molecule has 3 aromatic rings. The van der Waals surface area contributed by atoms with E-state index < -0.39 is 10.0 Å². The van der Waals surface area contributed by atoms with Crippen molar-refractivity contribution in [1.29, 1.82) is 0 Å². The summed E-state index contributed by atoms with van der Waals surface area (Å²) in [6.45, 7) is 6.16. The summed E-state index contributed by atoms with van der Waals surface area (Å²) in [6, 6.07) is 19.2. The van der Waals surface area contributed by atoms with E-state index in [-0.39, 0.29) is 17.4 Å². The minimum absolute atomic E-state index is 0.113. The molecular weight excluding hydrogens is 412 g/mol. The monoisotopic (exact) mass is 438 g/mol. The first-order valence-corrected chi connectivity index (χ1v) is 11.4. The van der Waals surface area contributed by atoms with E-state index in [1.807, 2.05) is 51.1 Å². The lowest BCUT2D eigenvalue weighted by atomic mass is 10.1. The van der Waals surface area contributed by atoms with Gasteiger partial charge in [0.25, 0.3) is 15.9 Å². The maximum absolute atomic E-state index is 12.6. The molecule has 0 saturated carbocycles. The fourth-order valence-electron chi connectivity index (χ4n) is 2.96. The Morgan fingerprint density at radius 1 is 0.903 bits per heavy atom. The molecule has 0 aliphatic carbocycles. The van der Waals surface area contributed by atoms with E-state index >= 15 is 0 Å². The number of rotatable bonds is 8. The average molecular weight is 439 g/mol. The molecule has 2 N–H and O–H groups in total. The predicted molar refractivity (Wildman–Crippen MR) is 122 cm³/mol. The van der Waals surface area contributed by atoms with Gasteiger partial charge in [0.05, 0.1) is 4.90 Å². The maximum atomic E-state index is 12.6. The number of hydrogen-bond acceptors (Lipinski definition) is 4. The van der Waals surface area contributed by atoms with Gasteiger partial charge in [-0.05, 0) is 73.9 Å². The molecule has 3 rings (SSSR count). The predicted octanol–water partition coefficient (Wildman–Crippen LogP) is 4.11. The number of hydrogen-bond donors (Lipinski definition) is 2. The van der Waals surface area contributed by atoms with Crippen LogP contribution in [0, 0.1) is 20.8 Å². The fourth-order valence-corrected chi connectivity index (χ4v) is 4.01. The number of benzene rings is 3. The molecule has 0 bridgehead atoms. The normalized spacial score (nSPS) is 11.1. The molecule has 0 aromatic heterocycles. The first-order valence-electron chi connectivity index (χ1n) is 9.88. The molecule has 1 amide bonds. The van der Waals surface area contributed by atoms with Crippen LogP contribution in [0.25, 0.3) is 0 Å². The van der Waals surface area contributed by atoms with Crippen molar-refractivity contribution < 1.29 is 17.9 Å². The van der Waals surface area contributed by atoms with Crippen LogP contribution in [0.4, 0.5) is 5.69 Å². The zero-order valence-corrected chi connectivity index (χ0v) is 18.6. The van der Waals surface area contributed by atoms with Gasteiger partial charge in [0.2, 0.25) is 0 Å². The van der Waals surface area contributed by atoms with Crippen molar-refractivity contribution in [3.8, 4) is 5.75 Å². The van der Waals surface area contributed by atoms with Crippen LogP contribution in [0.1, 0.15) is 22.3 Å². The lowest BCUT2D eigenvalue weighted by Crippen LogP contribution is -2.28. The maximum Gasteiger partial charge on any atom is 0.261 e. The highest BCUT2D eigenvalue weighted by Crippen LogP contribution is 2.21. The summed E-state index contributed by atoms with van der Waals surface area (Å²) in [5.74, 6) is 0.158. The molecular formula is C24H26N2O4S. The molecule has 0 atom stereocenters. The van der Waals surface area contributed by atoms with Crippen molar-refractivity contribution >= 4 is 21.6 Å². The van der Waals surface area contributed by atoms with E-state index in [0.29, 0.717) is 18.0 Å². The Bertz CT molecular complexity index is 1170. The Balaban J connectivity index is 1.54. The molecule has 6 nitrogen and oxygen atoms in total. The van der Waals surface area contributed by atoms with Gasteiger partial charge in [-0.2, -0.15) is 0 Å². The first-order chi connectivity index (χ1) is 14.7. The van der Waals surface area contributed by atoms with Crippen molar-refractivity contribution in [3.05, 3.63) is 89.0 Å². The second-order valence-electron chi connectivity index (χ2n) is 7.43. The molecule has 162 valence electrons. The van der Waals surface area contributed by atoms with Crippen molar-refractivity contribution in [1.82, 2.24) is 5.32 Å². The third kappa shape index (κ3) is 6.33. The van der Waals surface area contributed by atoms with Crippen molar-refractivity contribution in [2.45, 2.75) is 32.2 Å². The van der Waals surface area contributed by atoms with E-state index in [4.69, 9.17) is 4.74 Å². The molecule has 0 saturated heterocycles. The number of carbonyl (C=O) groups is 1. The first kappa shape index (κ1) is 22.4. The quantitative estimate of drug-likeness (QED) is 0.554. The number of ether oxygens (including phenoxy) is 1. The smallest absolute Gasteiger partial charge is 0.261 e. The molecule has 0 aliphatic rings. The van der Waals surface area contributed by atoms with Crippen LogP contribution in [-0.4, -0.2) is 20.9 Å². The summed E-state index contributed by atoms with van der Waals surface area (Å²) in [6.07, 6.45) is 0. The molecule has 0 heterocycles. The van der Waals surface area contributed by atoms with Gasteiger partial charge in [0, 0.05) is 12.2 Å². The van der Waals surface area contributed by atoms with Gasteiger partial charge >= 0.3 is 0 Å². The molecule has 0 fully saturated rings. The van der Waals surface area contributed by atoms with E-state index in [9.17, 15) is 13.2 Å². The second-order valence-corrected chi connectivity index (χ2v) is 9.11. The van der Waals surface area contributed by atoms with Gasteiger partial charge in [-0.25, -0.2) is 8.42 Å². The van der Waals surface area contributed by atoms with Crippen LogP contribution in [0.3, 0.4) is 0 Å². The number of nitrogens with one attached hydrogen (secondary N) is 2. The van der Waals surface area contributed by atoms with Gasteiger partial charge in [-0.3, -0.25) is 9.52 Å². The molecule has 0 unspecified atom stereocenters. The molecule has 0 spiro atoms. The fraction of sp³-hybridized carbons (Fsp3) is 0.208. The minimum atomic E-state index is -3.72. The lowest BCUT2D eigenvalue weighted by molar-refractivity contribution is -0.123. The van der Waals surface area contributed by atoms with Gasteiger partial charge in [-0.1, -0.05) is 35.9 Å². The van der Waals surface area contributed by atoms with Crippen LogP contribution in [0.15, 0.2) is 71.6 Å².